The number of hydrogen-bond acceptors (Lipinski definition) is 4. The first kappa shape index (κ1) is 17.8. The lowest BCUT2D eigenvalue weighted by atomic mass is 9.88. The molecule has 0 N–H and O–H groups in total. The third-order valence-electron chi connectivity index (χ3n) is 5.32. The van der Waals surface area contributed by atoms with Crippen LogP contribution in [0.15, 0.2) is 36.4 Å². The van der Waals surface area contributed by atoms with E-state index in [-0.39, 0.29) is 17.9 Å². The van der Waals surface area contributed by atoms with Gasteiger partial charge in [-0.05, 0) is 74.9 Å². The summed E-state index contributed by atoms with van der Waals surface area (Å²) in [5.41, 5.74) is 5.81. The maximum absolute atomic E-state index is 13.0. The first-order chi connectivity index (χ1) is 13.0. The zero-order valence-corrected chi connectivity index (χ0v) is 16.0. The highest BCUT2D eigenvalue weighted by atomic mass is 16.5. The van der Waals surface area contributed by atoms with Crippen LogP contribution < -0.4 is 4.90 Å². The molecule has 0 spiro atoms. The Kier molecular flexibility index (Phi) is 4.73. The first-order valence-corrected chi connectivity index (χ1v) is 9.79. The predicted molar refractivity (Wildman–Crippen MR) is 106 cm³/mol. The highest BCUT2D eigenvalue weighted by Gasteiger charge is 2.25. The van der Waals surface area contributed by atoms with E-state index in [1.165, 1.54) is 16.8 Å². The summed E-state index contributed by atoms with van der Waals surface area (Å²) in [6, 6.07) is 10.9. The third kappa shape index (κ3) is 3.48. The van der Waals surface area contributed by atoms with Crippen molar-refractivity contribution in [2.45, 2.75) is 45.6 Å². The van der Waals surface area contributed by atoms with Crippen LogP contribution in [0.5, 0.6) is 0 Å². The topological polar surface area (TPSA) is 46.6 Å². The lowest BCUT2D eigenvalue weighted by Gasteiger charge is -2.37. The molecule has 0 fully saturated rings. The number of ether oxygens (including phenoxy) is 1. The Morgan fingerprint density at radius 2 is 1.44 bits per heavy atom. The SMILES string of the molecule is CC(C)OC(=O)c1ccc(C(=O)c2cc3c4c(c2)CCCN4CCC3)cc1. The van der Waals surface area contributed by atoms with Gasteiger partial charge in [0.05, 0.1) is 11.7 Å². The van der Waals surface area contributed by atoms with Crippen molar-refractivity contribution in [2.75, 3.05) is 18.0 Å². The Hall–Kier alpha value is -2.62. The third-order valence-corrected chi connectivity index (χ3v) is 5.32. The number of nitrogens with zero attached hydrogens (tertiary/aromatic N) is 1. The molecule has 2 aliphatic rings. The quantitative estimate of drug-likeness (QED) is 0.604. The molecule has 2 heterocycles. The number of rotatable bonds is 4. The monoisotopic (exact) mass is 363 g/mol. The Morgan fingerprint density at radius 1 is 0.889 bits per heavy atom. The Balaban J connectivity index is 1.61. The van der Waals surface area contributed by atoms with Crippen molar-refractivity contribution in [3.05, 3.63) is 64.2 Å². The van der Waals surface area contributed by atoms with Crippen LogP contribution in [0.25, 0.3) is 0 Å². The van der Waals surface area contributed by atoms with Gasteiger partial charge in [-0.1, -0.05) is 12.1 Å². The summed E-state index contributed by atoms with van der Waals surface area (Å²) < 4.78 is 5.20. The lowest BCUT2D eigenvalue weighted by Crippen LogP contribution is -2.34. The zero-order valence-electron chi connectivity index (χ0n) is 16.0. The number of aryl methyl sites for hydroxylation is 2. The summed E-state index contributed by atoms with van der Waals surface area (Å²) in [5, 5.41) is 0. The maximum Gasteiger partial charge on any atom is 0.338 e. The van der Waals surface area contributed by atoms with Crippen LogP contribution in [-0.4, -0.2) is 30.9 Å². The highest BCUT2D eigenvalue weighted by Crippen LogP contribution is 2.36. The normalized spacial score (nSPS) is 15.4. The van der Waals surface area contributed by atoms with Crippen molar-refractivity contribution >= 4 is 17.4 Å². The van der Waals surface area contributed by atoms with Crippen LogP contribution in [0.4, 0.5) is 5.69 Å². The number of esters is 1. The molecular formula is C23H25NO3. The van der Waals surface area contributed by atoms with Gasteiger partial charge in [-0.2, -0.15) is 0 Å². The van der Waals surface area contributed by atoms with Gasteiger partial charge in [0.2, 0.25) is 0 Å². The van der Waals surface area contributed by atoms with Gasteiger partial charge in [-0.3, -0.25) is 4.79 Å². The van der Waals surface area contributed by atoms with E-state index < -0.39 is 0 Å². The van der Waals surface area contributed by atoms with Crippen LogP contribution in [0.2, 0.25) is 0 Å². The molecule has 0 aromatic heterocycles. The second-order valence-electron chi connectivity index (χ2n) is 7.70. The minimum Gasteiger partial charge on any atom is -0.459 e. The van der Waals surface area contributed by atoms with Crippen molar-refractivity contribution in [3.8, 4) is 0 Å². The van der Waals surface area contributed by atoms with E-state index in [1.807, 2.05) is 13.8 Å². The Bertz CT molecular complexity index is 852. The average Bonchev–Trinajstić information content (AvgIpc) is 2.67. The van der Waals surface area contributed by atoms with Crippen LogP contribution in [0.1, 0.15) is 64.1 Å². The summed E-state index contributed by atoms with van der Waals surface area (Å²) in [6.07, 6.45) is 4.22. The van der Waals surface area contributed by atoms with Gasteiger partial charge in [0.25, 0.3) is 0 Å². The molecule has 2 aromatic carbocycles. The largest absolute Gasteiger partial charge is 0.459 e. The van der Waals surface area contributed by atoms with E-state index in [4.69, 9.17) is 4.74 Å². The molecule has 0 bridgehead atoms. The second-order valence-corrected chi connectivity index (χ2v) is 7.70. The zero-order chi connectivity index (χ0) is 19.0. The summed E-state index contributed by atoms with van der Waals surface area (Å²) >= 11 is 0. The lowest BCUT2D eigenvalue weighted by molar-refractivity contribution is 0.0377. The number of hydrogen-bond donors (Lipinski definition) is 0. The number of carbonyl (C=O) groups excluding carboxylic acids is 2. The Morgan fingerprint density at radius 3 is 2.00 bits per heavy atom. The van der Waals surface area contributed by atoms with Gasteiger partial charge in [0, 0.05) is 29.9 Å². The van der Waals surface area contributed by atoms with Crippen LogP contribution in [-0.2, 0) is 17.6 Å². The summed E-state index contributed by atoms with van der Waals surface area (Å²) in [6.45, 7) is 5.89. The van der Waals surface area contributed by atoms with Gasteiger partial charge < -0.3 is 9.64 Å². The molecule has 0 unspecified atom stereocenters. The van der Waals surface area contributed by atoms with Crippen LogP contribution in [0.3, 0.4) is 0 Å². The highest BCUT2D eigenvalue weighted by molar-refractivity contribution is 6.10. The van der Waals surface area contributed by atoms with Crippen LogP contribution in [0, 0.1) is 0 Å². The van der Waals surface area contributed by atoms with Crippen molar-refractivity contribution < 1.29 is 14.3 Å². The van der Waals surface area contributed by atoms with E-state index in [0.717, 1.165) is 44.3 Å². The number of anilines is 1. The molecule has 4 rings (SSSR count). The van der Waals surface area contributed by atoms with Gasteiger partial charge in [0.15, 0.2) is 5.78 Å². The minimum absolute atomic E-state index is 0.0144. The smallest absolute Gasteiger partial charge is 0.338 e. The molecule has 2 aliphatic heterocycles. The van der Waals surface area contributed by atoms with E-state index in [1.54, 1.807) is 24.3 Å². The summed E-state index contributed by atoms with van der Waals surface area (Å²) in [7, 11) is 0. The molecule has 0 amide bonds. The van der Waals surface area contributed by atoms with Crippen molar-refractivity contribution in [3.63, 3.8) is 0 Å². The van der Waals surface area contributed by atoms with E-state index in [0.29, 0.717) is 11.1 Å². The fraction of sp³-hybridized carbons (Fsp3) is 0.391. The van der Waals surface area contributed by atoms with Gasteiger partial charge in [-0.15, -0.1) is 0 Å². The molecule has 0 aliphatic carbocycles. The number of benzene rings is 2. The van der Waals surface area contributed by atoms with Gasteiger partial charge in [0.1, 0.15) is 0 Å². The molecule has 0 saturated carbocycles. The Labute approximate surface area is 160 Å². The molecular weight excluding hydrogens is 338 g/mol. The second kappa shape index (κ2) is 7.18. The van der Waals surface area contributed by atoms with Gasteiger partial charge in [-0.25, -0.2) is 4.79 Å². The van der Waals surface area contributed by atoms with Crippen LogP contribution >= 0.6 is 0 Å². The predicted octanol–water partition coefficient (Wildman–Crippen LogP) is 4.18. The number of ketones is 1. The van der Waals surface area contributed by atoms with Crippen molar-refractivity contribution in [1.82, 2.24) is 0 Å². The van der Waals surface area contributed by atoms with Crippen molar-refractivity contribution in [1.29, 1.82) is 0 Å². The fourth-order valence-electron chi connectivity index (χ4n) is 4.14. The van der Waals surface area contributed by atoms with Crippen molar-refractivity contribution in [2.24, 2.45) is 0 Å². The molecule has 0 radical (unpaired) electrons. The molecule has 140 valence electrons. The molecule has 4 nitrogen and oxygen atoms in total. The molecule has 4 heteroatoms. The standard InChI is InChI=1S/C23H25NO3/c1-15(2)27-23(26)17-9-7-16(8-10-17)22(25)20-13-18-5-3-11-24-12-4-6-19(14-20)21(18)24/h7-10,13-15H,3-6,11-12H2,1-2H3. The summed E-state index contributed by atoms with van der Waals surface area (Å²) in [4.78, 5) is 27.5. The fourth-order valence-corrected chi connectivity index (χ4v) is 4.14. The number of carbonyl (C=O) groups is 2. The van der Waals surface area contributed by atoms with E-state index >= 15 is 0 Å². The molecule has 0 saturated heterocycles. The molecule has 2 aromatic rings. The van der Waals surface area contributed by atoms with Gasteiger partial charge >= 0.3 is 5.97 Å². The van der Waals surface area contributed by atoms with E-state index in [2.05, 4.69) is 17.0 Å². The summed E-state index contributed by atoms with van der Waals surface area (Å²) in [5.74, 6) is -0.345. The average molecular weight is 363 g/mol. The van der Waals surface area contributed by atoms with E-state index in [9.17, 15) is 9.59 Å². The first-order valence-electron chi connectivity index (χ1n) is 9.79. The molecule has 27 heavy (non-hydrogen) atoms. The molecule has 0 atom stereocenters. The maximum atomic E-state index is 13.0. The minimum atomic E-state index is -0.359.